The molecule has 0 radical (unpaired) electrons. The Morgan fingerprint density at radius 1 is 1.00 bits per heavy atom. The van der Waals surface area contributed by atoms with E-state index in [0.717, 1.165) is 36.8 Å². The van der Waals surface area contributed by atoms with Crippen LogP contribution in [-0.4, -0.2) is 48.9 Å². The standard InChI is InChI=1S/C26H32N2O4/c1-28(19-29)18-22(16-20-10-4-2-5-11-20)25(30)27-24(17-21-12-6-3-7-13-21)26(31)32-23-14-8-9-15-23/h2-7,10-13,19,22-24H,8-9,14-18H2,1H3,(H,27,30)/t22?,24-/m0/s1. The number of rotatable bonds is 11. The highest BCUT2D eigenvalue weighted by Crippen LogP contribution is 2.22. The number of benzene rings is 2. The summed E-state index contributed by atoms with van der Waals surface area (Å²) in [5.74, 6) is -1.13. The fourth-order valence-electron chi connectivity index (χ4n) is 4.11. The van der Waals surface area contributed by atoms with Gasteiger partial charge in [-0.3, -0.25) is 9.59 Å². The van der Waals surface area contributed by atoms with Gasteiger partial charge in [0, 0.05) is 20.0 Å². The predicted octanol–water partition coefficient (Wildman–Crippen LogP) is 3.15. The lowest BCUT2D eigenvalue weighted by Crippen LogP contribution is -2.48. The largest absolute Gasteiger partial charge is 0.461 e. The van der Waals surface area contributed by atoms with Gasteiger partial charge in [0.1, 0.15) is 12.1 Å². The fourth-order valence-corrected chi connectivity index (χ4v) is 4.11. The first kappa shape index (κ1) is 23.5. The molecule has 0 heterocycles. The third kappa shape index (κ3) is 7.22. The monoisotopic (exact) mass is 436 g/mol. The molecule has 1 saturated carbocycles. The molecule has 2 amide bonds. The van der Waals surface area contributed by atoms with Crippen molar-refractivity contribution in [2.24, 2.45) is 5.92 Å². The van der Waals surface area contributed by atoms with Crippen LogP contribution in [0.15, 0.2) is 60.7 Å². The molecule has 2 aromatic rings. The minimum absolute atomic E-state index is 0.0704. The Bertz CT molecular complexity index is 866. The second kappa shape index (κ2) is 12.0. The van der Waals surface area contributed by atoms with Crippen LogP contribution in [0.2, 0.25) is 0 Å². The van der Waals surface area contributed by atoms with Crippen molar-refractivity contribution >= 4 is 18.3 Å². The lowest BCUT2D eigenvalue weighted by molar-refractivity contribution is -0.153. The van der Waals surface area contributed by atoms with Crippen LogP contribution >= 0.6 is 0 Å². The molecule has 6 nitrogen and oxygen atoms in total. The summed E-state index contributed by atoms with van der Waals surface area (Å²) in [6, 6.07) is 18.5. The lowest BCUT2D eigenvalue weighted by Gasteiger charge is -2.25. The van der Waals surface area contributed by atoms with Crippen molar-refractivity contribution in [2.75, 3.05) is 13.6 Å². The highest BCUT2D eigenvalue weighted by atomic mass is 16.5. The highest BCUT2D eigenvalue weighted by Gasteiger charge is 2.30. The topological polar surface area (TPSA) is 75.7 Å². The average molecular weight is 437 g/mol. The summed E-state index contributed by atoms with van der Waals surface area (Å²) in [6.45, 7) is 0.264. The Balaban J connectivity index is 1.74. The van der Waals surface area contributed by atoms with Crippen LogP contribution in [0, 0.1) is 5.92 Å². The summed E-state index contributed by atoms with van der Waals surface area (Å²) in [5.41, 5.74) is 1.95. The third-order valence-electron chi connectivity index (χ3n) is 5.85. The minimum atomic E-state index is -0.773. The van der Waals surface area contributed by atoms with E-state index in [-0.39, 0.29) is 18.6 Å². The van der Waals surface area contributed by atoms with Crippen molar-refractivity contribution in [2.45, 2.75) is 50.7 Å². The first-order chi connectivity index (χ1) is 15.5. The number of carbonyl (C=O) groups excluding carboxylic acids is 3. The van der Waals surface area contributed by atoms with Crippen molar-refractivity contribution in [3.63, 3.8) is 0 Å². The molecule has 170 valence electrons. The van der Waals surface area contributed by atoms with Crippen molar-refractivity contribution in [3.05, 3.63) is 71.8 Å². The van der Waals surface area contributed by atoms with Crippen molar-refractivity contribution < 1.29 is 19.1 Å². The van der Waals surface area contributed by atoms with Crippen LogP contribution < -0.4 is 5.32 Å². The van der Waals surface area contributed by atoms with Crippen molar-refractivity contribution in [3.8, 4) is 0 Å². The molecule has 32 heavy (non-hydrogen) atoms. The van der Waals surface area contributed by atoms with E-state index >= 15 is 0 Å². The van der Waals surface area contributed by atoms with Crippen molar-refractivity contribution in [1.82, 2.24) is 10.2 Å². The Labute approximate surface area is 189 Å². The molecule has 2 atom stereocenters. The number of carbonyl (C=O) groups is 3. The number of nitrogens with zero attached hydrogens (tertiary/aromatic N) is 1. The van der Waals surface area contributed by atoms with E-state index < -0.39 is 17.9 Å². The van der Waals surface area contributed by atoms with Gasteiger partial charge in [-0.15, -0.1) is 0 Å². The zero-order valence-electron chi connectivity index (χ0n) is 18.6. The molecule has 0 aliphatic heterocycles. The van der Waals surface area contributed by atoms with Crippen LogP contribution in [0.25, 0.3) is 0 Å². The SMILES string of the molecule is CN(C=O)CC(Cc1ccccc1)C(=O)N[C@@H](Cc1ccccc1)C(=O)OC1CCCC1. The van der Waals surface area contributed by atoms with E-state index in [1.54, 1.807) is 7.05 Å². The van der Waals surface area contributed by atoms with Crippen LogP contribution in [-0.2, 0) is 32.0 Å². The molecule has 1 fully saturated rings. The van der Waals surface area contributed by atoms with E-state index in [2.05, 4.69) is 5.32 Å². The number of amides is 2. The molecule has 2 aromatic carbocycles. The summed E-state index contributed by atoms with van der Waals surface area (Å²) < 4.78 is 5.73. The molecule has 1 aliphatic rings. The molecule has 6 heteroatoms. The quantitative estimate of drug-likeness (QED) is 0.434. The van der Waals surface area contributed by atoms with Gasteiger partial charge in [0.05, 0.1) is 5.92 Å². The number of hydrogen-bond acceptors (Lipinski definition) is 4. The van der Waals surface area contributed by atoms with Gasteiger partial charge in [0.15, 0.2) is 0 Å². The number of nitrogens with one attached hydrogen (secondary N) is 1. The Kier molecular flexibility index (Phi) is 8.84. The number of esters is 1. The van der Waals surface area contributed by atoms with Gasteiger partial charge in [0.25, 0.3) is 0 Å². The summed E-state index contributed by atoms with van der Waals surface area (Å²) >= 11 is 0. The number of hydrogen-bond donors (Lipinski definition) is 1. The summed E-state index contributed by atoms with van der Waals surface area (Å²) in [5, 5.41) is 2.93. The molecule has 1 N–H and O–H groups in total. The summed E-state index contributed by atoms with van der Waals surface area (Å²) in [7, 11) is 1.65. The molecule has 0 aromatic heterocycles. The van der Waals surface area contributed by atoms with Gasteiger partial charge in [-0.1, -0.05) is 60.7 Å². The van der Waals surface area contributed by atoms with E-state index in [9.17, 15) is 14.4 Å². The van der Waals surface area contributed by atoms with Gasteiger partial charge >= 0.3 is 5.97 Å². The maximum absolute atomic E-state index is 13.3. The summed E-state index contributed by atoms with van der Waals surface area (Å²) in [4.78, 5) is 38.9. The number of ether oxygens (including phenoxy) is 1. The fraction of sp³-hybridized carbons (Fsp3) is 0.423. The first-order valence-corrected chi connectivity index (χ1v) is 11.3. The van der Waals surface area contributed by atoms with E-state index in [0.29, 0.717) is 19.3 Å². The van der Waals surface area contributed by atoms with Gasteiger partial charge in [0.2, 0.25) is 12.3 Å². The van der Waals surface area contributed by atoms with Gasteiger partial charge in [-0.05, 0) is 43.2 Å². The zero-order valence-corrected chi connectivity index (χ0v) is 18.6. The van der Waals surface area contributed by atoms with E-state index in [1.165, 1.54) is 4.90 Å². The molecular weight excluding hydrogens is 404 g/mol. The average Bonchev–Trinajstić information content (AvgIpc) is 3.32. The van der Waals surface area contributed by atoms with Crippen molar-refractivity contribution in [1.29, 1.82) is 0 Å². The third-order valence-corrected chi connectivity index (χ3v) is 5.85. The van der Waals surface area contributed by atoms with Crippen LogP contribution in [0.4, 0.5) is 0 Å². The van der Waals surface area contributed by atoms with E-state index in [4.69, 9.17) is 4.74 Å². The second-order valence-electron chi connectivity index (χ2n) is 8.53. The Hall–Kier alpha value is -3.15. The zero-order chi connectivity index (χ0) is 22.8. The van der Waals surface area contributed by atoms with Crippen LogP contribution in [0.1, 0.15) is 36.8 Å². The second-order valence-corrected chi connectivity index (χ2v) is 8.53. The molecule has 1 aliphatic carbocycles. The van der Waals surface area contributed by atoms with Crippen LogP contribution in [0.3, 0.4) is 0 Å². The predicted molar refractivity (Wildman–Crippen MR) is 123 cm³/mol. The van der Waals surface area contributed by atoms with Gasteiger partial charge in [-0.25, -0.2) is 4.79 Å². The molecule has 1 unspecified atom stereocenters. The molecule has 0 bridgehead atoms. The molecule has 0 spiro atoms. The summed E-state index contributed by atoms with van der Waals surface area (Å²) in [6.07, 6.45) is 5.34. The van der Waals surface area contributed by atoms with Crippen LogP contribution in [0.5, 0.6) is 0 Å². The van der Waals surface area contributed by atoms with Gasteiger partial charge < -0.3 is 15.0 Å². The molecule has 3 rings (SSSR count). The molecule has 0 saturated heterocycles. The smallest absolute Gasteiger partial charge is 0.329 e. The normalized spacial score (nSPS) is 15.5. The maximum atomic E-state index is 13.3. The minimum Gasteiger partial charge on any atom is -0.461 e. The highest BCUT2D eigenvalue weighted by molar-refractivity contribution is 5.86. The first-order valence-electron chi connectivity index (χ1n) is 11.3. The molecular formula is C26H32N2O4. The Morgan fingerprint density at radius 2 is 1.56 bits per heavy atom. The maximum Gasteiger partial charge on any atom is 0.329 e. The van der Waals surface area contributed by atoms with E-state index in [1.807, 2.05) is 60.7 Å². The van der Waals surface area contributed by atoms with Gasteiger partial charge in [-0.2, -0.15) is 0 Å². The Morgan fingerprint density at radius 3 is 2.12 bits per heavy atom. The lowest BCUT2D eigenvalue weighted by atomic mass is 9.97.